The highest BCUT2D eigenvalue weighted by atomic mass is 35.5. The van der Waals surface area contributed by atoms with Gasteiger partial charge in [-0.15, -0.1) is 0 Å². The lowest BCUT2D eigenvalue weighted by atomic mass is 10.1. The Bertz CT molecular complexity index is 637. The summed E-state index contributed by atoms with van der Waals surface area (Å²) in [6, 6.07) is 8.30. The molecule has 3 rings (SSSR count). The molecule has 2 aliphatic rings. The van der Waals surface area contributed by atoms with Gasteiger partial charge in [-0.25, -0.2) is 4.79 Å². The second kappa shape index (κ2) is 7.25. The maximum atomic E-state index is 11.9. The molecule has 2 aliphatic heterocycles. The first-order valence-electron chi connectivity index (χ1n) is 8.12. The summed E-state index contributed by atoms with van der Waals surface area (Å²) in [5.74, 6) is 6.61. The number of hydrogen-bond donors (Lipinski definition) is 0. The van der Waals surface area contributed by atoms with Gasteiger partial charge in [0.1, 0.15) is 0 Å². The van der Waals surface area contributed by atoms with Crippen molar-refractivity contribution in [3.8, 4) is 11.8 Å². The van der Waals surface area contributed by atoms with E-state index in [0.29, 0.717) is 24.2 Å². The Morgan fingerprint density at radius 3 is 3.04 bits per heavy atom. The molecule has 0 bridgehead atoms. The highest BCUT2D eigenvalue weighted by molar-refractivity contribution is 6.30. The molecule has 1 amide bonds. The molecule has 2 fully saturated rings. The van der Waals surface area contributed by atoms with Crippen LogP contribution in [0.3, 0.4) is 0 Å². The number of fused-ring (bicyclic) bond motifs is 1. The Morgan fingerprint density at radius 2 is 2.26 bits per heavy atom. The normalized spacial score (nSPS) is 23.8. The van der Waals surface area contributed by atoms with Gasteiger partial charge in [0.15, 0.2) is 0 Å². The van der Waals surface area contributed by atoms with Gasteiger partial charge in [-0.05, 0) is 38.0 Å². The van der Waals surface area contributed by atoms with E-state index in [9.17, 15) is 4.79 Å². The molecule has 122 valence electrons. The van der Waals surface area contributed by atoms with Crippen molar-refractivity contribution in [2.75, 3.05) is 26.2 Å². The van der Waals surface area contributed by atoms with Crippen LogP contribution >= 0.6 is 11.6 Å². The molecule has 0 radical (unpaired) electrons. The first kappa shape index (κ1) is 16.2. The Kier molecular flexibility index (Phi) is 5.09. The number of halogens is 1. The molecule has 4 nitrogen and oxygen atoms in total. The minimum Gasteiger partial charge on any atom is -0.450 e. The van der Waals surface area contributed by atoms with Crippen molar-refractivity contribution in [1.29, 1.82) is 0 Å². The highest BCUT2D eigenvalue weighted by Gasteiger charge is 2.38. The van der Waals surface area contributed by atoms with Crippen molar-refractivity contribution in [3.63, 3.8) is 0 Å². The molecule has 2 heterocycles. The van der Waals surface area contributed by atoms with Crippen LogP contribution in [0.2, 0.25) is 5.02 Å². The van der Waals surface area contributed by atoms with Crippen LogP contribution in [-0.4, -0.2) is 54.2 Å². The van der Waals surface area contributed by atoms with E-state index in [2.05, 4.69) is 16.7 Å². The number of hydrogen-bond acceptors (Lipinski definition) is 3. The van der Waals surface area contributed by atoms with Crippen LogP contribution in [0.25, 0.3) is 0 Å². The number of nitrogens with zero attached hydrogens (tertiary/aromatic N) is 2. The summed E-state index contributed by atoms with van der Waals surface area (Å²) >= 11 is 5.99. The van der Waals surface area contributed by atoms with Gasteiger partial charge in [0.05, 0.1) is 12.6 Å². The van der Waals surface area contributed by atoms with Crippen LogP contribution < -0.4 is 0 Å². The van der Waals surface area contributed by atoms with Crippen molar-refractivity contribution < 1.29 is 9.53 Å². The zero-order valence-electron chi connectivity index (χ0n) is 13.3. The second-order valence-corrected chi connectivity index (χ2v) is 6.35. The van der Waals surface area contributed by atoms with Crippen molar-refractivity contribution >= 4 is 17.7 Å². The summed E-state index contributed by atoms with van der Waals surface area (Å²) < 4.78 is 5.10. The number of rotatable bonds is 1. The molecule has 1 aromatic carbocycles. The highest BCUT2D eigenvalue weighted by Crippen LogP contribution is 2.27. The molecular weight excluding hydrogens is 312 g/mol. The number of amides is 1. The third kappa shape index (κ3) is 3.80. The minimum atomic E-state index is -0.194. The van der Waals surface area contributed by atoms with Gasteiger partial charge < -0.3 is 9.64 Å². The molecule has 0 spiro atoms. The molecule has 0 unspecified atom stereocenters. The lowest BCUT2D eigenvalue weighted by Crippen LogP contribution is -2.54. The van der Waals surface area contributed by atoms with Crippen LogP contribution in [0.4, 0.5) is 4.79 Å². The smallest absolute Gasteiger partial charge is 0.409 e. The SMILES string of the molecule is CCOC(=O)N1CCN2[C@@H](CC[C@H]2C#Cc2cccc(Cl)c2)C1. The van der Waals surface area contributed by atoms with Crippen molar-refractivity contribution in [3.05, 3.63) is 34.9 Å². The van der Waals surface area contributed by atoms with Gasteiger partial charge in [-0.3, -0.25) is 4.90 Å². The number of carbonyl (C=O) groups is 1. The zero-order valence-corrected chi connectivity index (χ0v) is 14.1. The first-order valence-corrected chi connectivity index (χ1v) is 8.49. The third-order valence-corrected chi connectivity index (χ3v) is 4.67. The fourth-order valence-corrected chi connectivity index (χ4v) is 3.51. The van der Waals surface area contributed by atoms with E-state index >= 15 is 0 Å². The molecule has 2 saturated heterocycles. The van der Waals surface area contributed by atoms with Gasteiger partial charge >= 0.3 is 6.09 Å². The van der Waals surface area contributed by atoms with Gasteiger partial charge in [0.2, 0.25) is 0 Å². The molecule has 0 aromatic heterocycles. The average molecular weight is 333 g/mol. The summed E-state index contributed by atoms with van der Waals surface area (Å²) in [6.45, 7) is 4.58. The number of piperazine rings is 1. The summed E-state index contributed by atoms with van der Waals surface area (Å²) in [6.07, 6.45) is 1.93. The number of benzene rings is 1. The molecule has 0 saturated carbocycles. The Hall–Kier alpha value is -1.70. The van der Waals surface area contributed by atoms with E-state index in [1.165, 1.54) is 0 Å². The van der Waals surface area contributed by atoms with Crippen LogP contribution in [-0.2, 0) is 4.74 Å². The predicted molar refractivity (Wildman–Crippen MR) is 90.4 cm³/mol. The van der Waals surface area contributed by atoms with E-state index in [1.807, 2.05) is 36.1 Å². The predicted octanol–water partition coefficient (Wildman–Crippen LogP) is 3.00. The number of ether oxygens (including phenoxy) is 1. The molecule has 5 heteroatoms. The maximum Gasteiger partial charge on any atom is 0.409 e. The van der Waals surface area contributed by atoms with E-state index in [-0.39, 0.29) is 12.1 Å². The molecule has 2 atom stereocenters. The lowest BCUT2D eigenvalue weighted by molar-refractivity contribution is 0.0615. The second-order valence-electron chi connectivity index (χ2n) is 5.91. The summed E-state index contributed by atoms with van der Waals surface area (Å²) in [5, 5.41) is 0.712. The standard InChI is InChI=1S/C18H21ClN2O2/c1-2-23-18(22)20-10-11-21-16(8-9-17(21)13-20)7-6-14-4-3-5-15(19)12-14/h3-5,12,16-17H,2,8-11,13H2,1H3/t16-,17+/m1/s1. The summed E-state index contributed by atoms with van der Waals surface area (Å²) in [7, 11) is 0. The largest absolute Gasteiger partial charge is 0.450 e. The van der Waals surface area contributed by atoms with Gasteiger partial charge in [0, 0.05) is 36.3 Å². The lowest BCUT2D eigenvalue weighted by Gasteiger charge is -2.38. The quantitative estimate of drug-likeness (QED) is 0.741. The van der Waals surface area contributed by atoms with Crippen molar-refractivity contribution in [1.82, 2.24) is 9.80 Å². The van der Waals surface area contributed by atoms with E-state index in [1.54, 1.807) is 0 Å². The Morgan fingerprint density at radius 1 is 1.39 bits per heavy atom. The average Bonchev–Trinajstić information content (AvgIpc) is 2.95. The third-order valence-electron chi connectivity index (χ3n) is 4.44. The molecule has 23 heavy (non-hydrogen) atoms. The molecular formula is C18H21ClN2O2. The van der Waals surface area contributed by atoms with E-state index in [4.69, 9.17) is 16.3 Å². The Labute approximate surface area is 142 Å². The number of carbonyl (C=O) groups excluding carboxylic acids is 1. The van der Waals surface area contributed by atoms with Gasteiger partial charge in [-0.1, -0.05) is 29.5 Å². The first-order chi connectivity index (χ1) is 11.2. The van der Waals surface area contributed by atoms with Gasteiger partial charge in [0.25, 0.3) is 0 Å². The van der Waals surface area contributed by atoms with Crippen LogP contribution in [0.15, 0.2) is 24.3 Å². The van der Waals surface area contributed by atoms with E-state index in [0.717, 1.165) is 31.5 Å². The Balaban J connectivity index is 1.63. The monoisotopic (exact) mass is 332 g/mol. The fourth-order valence-electron chi connectivity index (χ4n) is 3.32. The van der Waals surface area contributed by atoms with Crippen molar-refractivity contribution in [2.45, 2.75) is 31.8 Å². The summed E-state index contributed by atoms with van der Waals surface area (Å²) in [4.78, 5) is 16.1. The van der Waals surface area contributed by atoms with Crippen LogP contribution in [0.1, 0.15) is 25.3 Å². The van der Waals surface area contributed by atoms with Crippen molar-refractivity contribution in [2.24, 2.45) is 0 Å². The summed E-state index contributed by atoms with van der Waals surface area (Å²) in [5.41, 5.74) is 0.950. The molecule has 0 N–H and O–H groups in total. The minimum absolute atomic E-state index is 0.194. The molecule has 0 aliphatic carbocycles. The van der Waals surface area contributed by atoms with Crippen LogP contribution in [0.5, 0.6) is 0 Å². The fraction of sp³-hybridized carbons (Fsp3) is 0.500. The zero-order chi connectivity index (χ0) is 16.2. The maximum absolute atomic E-state index is 11.9. The molecule has 1 aromatic rings. The van der Waals surface area contributed by atoms with Gasteiger partial charge in [-0.2, -0.15) is 0 Å². The van der Waals surface area contributed by atoms with E-state index < -0.39 is 0 Å². The van der Waals surface area contributed by atoms with Crippen LogP contribution in [0, 0.1) is 11.8 Å². The topological polar surface area (TPSA) is 32.8 Å².